The summed E-state index contributed by atoms with van der Waals surface area (Å²) >= 11 is 1.85. The monoisotopic (exact) mass is 368 g/mol. The number of aryl methyl sites for hydroxylation is 1. The van der Waals surface area contributed by atoms with Crippen LogP contribution in [0.5, 0.6) is 0 Å². The quantitative estimate of drug-likeness (QED) is 0.790. The van der Waals surface area contributed by atoms with E-state index in [0.717, 1.165) is 26.1 Å². The zero-order valence-electron chi connectivity index (χ0n) is 15.3. The first kappa shape index (κ1) is 17.7. The van der Waals surface area contributed by atoms with Gasteiger partial charge in [0.25, 0.3) is 0 Å². The van der Waals surface area contributed by atoms with E-state index in [0.29, 0.717) is 24.3 Å². The van der Waals surface area contributed by atoms with Crippen molar-refractivity contribution in [3.05, 3.63) is 58.3 Å². The highest BCUT2D eigenvalue weighted by Crippen LogP contribution is 2.31. The number of carbonyl (C=O) groups is 1. The number of thiophene rings is 1. The van der Waals surface area contributed by atoms with Crippen LogP contribution in [0.4, 0.5) is 0 Å². The van der Waals surface area contributed by atoms with E-state index in [4.69, 9.17) is 0 Å². The molecule has 0 N–H and O–H groups in total. The lowest BCUT2D eigenvalue weighted by atomic mass is 9.98. The molecule has 26 heavy (non-hydrogen) atoms. The summed E-state index contributed by atoms with van der Waals surface area (Å²) in [6.45, 7) is 4.10. The number of hydrogen-bond acceptors (Lipinski definition) is 3. The molecule has 0 bridgehead atoms. The second kappa shape index (κ2) is 8.36. The number of likely N-dealkylation sites (tertiary alicyclic amines) is 2. The van der Waals surface area contributed by atoms with Crippen LogP contribution in [0, 0.1) is 5.92 Å². The Balaban J connectivity index is 1.37. The molecule has 3 nitrogen and oxygen atoms in total. The Bertz CT molecular complexity index is 700. The van der Waals surface area contributed by atoms with Crippen molar-refractivity contribution in [1.82, 2.24) is 9.80 Å². The van der Waals surface area contributed by atoms with Crippen LogP contribution in [-0.4, -0.2) is 41.4 Å². The summed E-state index contributed by atoms with van der Waals surface area (Å²) in [5, 5.41) is 2.17. The molecule has 2 aliphatic heterocycles. The average molecular weight is 369 g/mol. The van der Waals surface area contributed by atoms with E-state index in [1.807, 2.05) is 17.4 Å². The smallest absolute Gasteiger partial charge is 0.222 e. The van der Waals surface area contributed by atoms with Gasteiger partial charge >= 0.3 is 0 Å². The zero-order chi connectivity index (χ0) is 17.8. The molecule has 2 aromatic rings. The van der Waals surface area contributed by atoms with Gasteiger partial charge < -0.3 is 4.90 Å². The van der Waals surface area contributed by atoms with Gasteiger partial charge in [-0.25, -0.2) is 0 Å². The molecule has 1 amide bonds. The van der Waals surface area contributed by atoms with Crippen LogP contribution in [0.3, 0.4) is 0 Å². The molecular formula is C22H28N2OS. The number of hydrogen-bond donors (Lipinski definition) is 0. The van der Waals surface area contributed by atoms with E-state index >= 15 is 0 Å². The molecule has 2 fully saturated rings. The van der Waals surface area contributed by atoms with Crippen LogP contribution in [0.15, 0.2) is 47.8 Å². The molecule has 3 heterocycles. The van der Waals surface area contributed by atoms with Gasteiger partial charge in [-0.3, -0.25) is 9.69 Å². The molecule has 2 atom stereocenters. The Morgan fingerprint density at radius 3 is 2.77 bits per heavy atom. The van der Waals surface area contributed by atoms with Crippen LogP contribution in [0.25, 0.3) is 0 Å². The van der Waals surface area contributed by atoms with E-state index in [1.165, 1.54) is 36.2 Å². The molecule has 1 aromatic carbocycles. The number of fused-ring (bicyclic) bond motifs is 1. The summed E-state index contributed by atoms with van der Waals surface area (Å²) in [5.74, 6) is 0.983. The van der Waals surface area contributed by atoms with Gasteiger partial charge in [0.15, 0.2) is 0 Å². The number of nitrogens with zero attached hydrogens (tertiary/aromatic N) is 2. The second-order valence-electron chi connectivity index (χ2n) is 7.66. The van der Waals surface area contributed by atoms with Gasteiger partial charge in [0.1, 0.15) is 0 Å². The van der Waals surface area contributed by atoms with Crippen molar-refractivity contribution in [3.8, 4) is 0 Å². The average Bonchev–Trinajstić information content (AvgIpc) is 3.29. The summed E-state index contributed by atoms with van der Waals surface area (Å²) in [5.41, 5.74) is 1.26. The van der Waals surface area contributed by atoms with Gasteiger partial charge in [0.05, 0.1) is 0 Å². The SMILES string of the molecule is O=C(CCc1ccccc1)N1C[C@@H]2CCCCN(Cc3cccs3)[C@@H]2C1. The van der Waals surface area contributed by atoms with Crippen molar-refractivity contribution in [2.45, 2.75) is 44.7 Å². The topological polar surface area (TPSA) is 23.6 Å². The lowest BCUT2D eigenvalue weighted by molar-refractivity contribution is -0.130. The number of rotatable bonds is 5. The molecule has 0 spiro atoms. The van der Waals surface area contributed by atoms with E-state index in [2.05, 4.69) is 51.6 Å². The minimum atomic E-state index is 0.331. The molecule has 0 unspecified atom stereocenters. The Labute approximate surface area is 160 Å². The van der Waals surface area contributed by atoms with Crippen molar-refractivity contribution >= 4 is 17.2 Å². The summed E-state index contributed by atoms with van der Waals surface area (Å²) in [4.78, 5) is 19.0. The predicted octanol–water partition coefficient (Wildman–Crippen LogP) is 4.19. The second-order valence-corrected chi connectivity index (χ2v) is 8.69. The molecule has 2 aliphatic rings. The summed E-state index contributed by atoms with van der Waals surface area (Å²) in [6, 6.07) is 15.3. The van der Waals surface area contributed by atoms with E-state index in [-0.39, 0.29) is 0 Å². The molecule has 0 saturated carbocycles. The van der Waals surface area contributed by atoms with Crippen LogP contribution in [-0.2, 0) is 17.8 Å². The van der Waals surface area contributed by atoms with E-state index < -0.39 is 0 Å². The van der Waals surface area contributed by atoms with Crippen LogP contribution in [0.1, 0.15) is 36.1 Å². The summed E-state index contributed by atoms with van der Waals surface area (Å²) in [7, 11) is 0. The van der Waals surface area contributed by atoms with Crippen molar-refractivity contribution < 1.29 is 4.79 Å². The van der Waals surface area contributed by atoms with Crippen LogP contribution in [0.2, 0.25) is 0 Å². The number of carbonyl (C=O) groups excluding carboxylic acids is 1. The van der Waals surface area contributed by atoms with Crippen LogP contribution < -0.4 is 0 Å². The fourth-order valence-electron chi connectivity index (χ4n) is 4.50. The zero-order valence-corrected chi connectivity index (χ0v) is 16.2. The molecule has 138 valence electrons. The van der Waals surface area contributed by atoms with Gasteiger partial charge in [-0.1, -0.05) is 42.8 Å². The Hall–Kier alpha value is -1.65. The number of amides is 1. The van der Waals surface area contributed by atoms with Gasteiger partial charge in [-0.05, 0) is 48.7 Å². The largest absolute Gasteiger partial charge is 0.341 e. The molecule has 4 heteroatoms. The Morgan fingerprint density at radius 2 is 1.96 bits per heavy atom. The van der Waals surface area contributed by atoms with Crippen molar-refractivity contribution in [2.24, 2.45) is 5.92 Å². The third kappa shape index (κ3) is 4.18. The number of benzene rings is 1. The van der Waals surface area contributed by atoms with Crippen molar-refractivity contribution in [3.63, 3.8) is 0 Å². The lowest BCUT2D eigenvalue weighted by Crippen LogP contribution is -2.40. The lowest BCUT2D eigenvalue weighted by Gasteiger charge is -2.29. The fraction of sp³-hybridized carbons (Fsp3) is 0.500. The minimum Gasteiger partial charge on any atom is -0.341 e. The standard InChI is InChI=1S/C22H28N2OS/c25-22(12-11-18-7-2-1-3-8-18)24-15-19-9-4-5-13-23(21(19)17-24)16-20-10-6-14-26-20/h1-3,6-8,10,14,19,21H,4-5,9,11-13,15-17H2/t19-,21+/m0/s1. The van der Waals surface area contributed by atoms with Crippen molar-refractivity contribution in [2.75, 3.05) is 19.6 Å². The first-order valence-electron chi connectivity index (χ1n) is 9.88. The van der Waals surface area contributed by atoms with E-state index in [9.17, 15) is 4.79 Å². The minimum absolute atomic E-state index is 0.331. The Morgan fingerprint density at radius 1 is 1.08 bits per heavy atom. The van der Waals surface area contributed by atoms with Gasteiger partial charge in [-0.2, -0.15) is 0 Å². The van der Waals surface area contributed by atoms with E-state index in [1.54, 1.807) is 0 Å². The van der Waals surface area contributed by atoms with Gasteiger partial charge in [0.2, 0.25) is 5.91 Å². The summed E-state index contributed by atoms with van der Waals surface area (Å²) in [6.07, 6.45) is 5.35. The van der Waals surface area contributed by atoms with Gasteiger partial charge in [-0.15, -0.1) is 11.3 Å². The molecule has 1 aromatic heterocycles. The highest BCUT2D eigenvalue weighted by Gasteiger charge is 2.39. The maximum absolute atomic E-state index is 12.8. The molecule has 0 radical (unpaired) electrons. The maximum Gasteiger partial charge on any atom is 0.222 e. The summed E-state index contributed by atoms with van der Waals surface area (Å²) < 4.78 is 0. The molecular weight excluding hydrogens is 340 g/mol. The molecule has 2 saturated heterocycles. The highest BCUT2D eigenvalue weighted by atomic mass is 32.1. The first-order chi connectivity index (χ1) is 12.8. The van der Waals surface area contributed by atoms with Crippen LogP contribution >= 0.6 is 11.3 Å². The Kier molecular flexibility index (Phi) is 5.71. The normalized spacial score (nSPS) is 23.6. The predicted molar refractivity (Wildman–Crippen MR) is 107 cm³/mol. The first-order valence-corrected chi connectivity index (χ1v) is 10.8. The maximum atomic E-state index is 12.8. The highest BCUT2D eigenvalue weighted by molar-refractivity contribution is 7.09. The van der Waals surface area contributed by atoms with Gasteiger partial charge in [0, 0.05) is 37.0 Å². The molecule has 4 rings (SSSR count). The fourth-order valence-corrected chi connectivity index (χ4v) is 5.22. The third-order valence-electron chi connectivity index (χ3n) is 5.91. The third-order valence-corrected chi connectivity index (χ3v) is 6.77. The van der Waals surface area contributed by atoms with Crippen molar-refractivity contribution in [1.29, 1.82) is 0 Å². The molecule has 0 aliphatic carbocycles.